The first-order valence-corrected chi connectivity index (χ1v) is 6.97. The van der Waals surface area contributed by atoms with Crippen molar-refractivity contribution >= 4 is 5.57 Å². The Labute approximate surface area is 114 Å². The van der Waals surface area contributed by atoms with Gasteiger partial charge in [-0.3, -0.25) is 0 Å². The first kappa shape index (κ1) is 10.8. The number of benzene rings is 1. The molecule has 0 heterocycles. The van der Waals surface area contributed by atoms with E-state index in [-0.39, 0.29) is 0 Å². The molecule has 0 N–H and O–H groups in total. The Balaban J connectivity index is 1.87. The zero-order chi connectivity index (χ0) is 12.7. The highest BCUT2D eigenvalue weighted by Gasteiger charge is 2.25. The maximum absolute atomic E-state index is 2.28. The van der Waals surface area contributed by atoms with Crippen LogP contribution in [0.5, 0.6) is 0 Å². The minimum atomic E-state index is 1.08. The summed E-state index contributed by atoms with van der Waals surface area (Å²) in [6.07, 6.45) is 16.7. The molecule has 92 valence electrons. The lowest BCUT2D eigenvalue weighted by molar-refractivity contribution is 1.15. The lowest BCUT2D eigenvalue weighted by Crippen LogP contribution is -1.91. The van der Waals surface area contributed by atoms with Crippen LogP contribution in [-0.4, -0.2) is 0 Å². The van der Waals surface area contributed by atoms with Gasteiger partial charge in [0.15, 0.2) is 0 Å². The van der Waals surface area contributed by atoms with Crippen LogP contribution in [0.1, 0.15) is 24.0 Å². The number of hydrogen-bond acceptors (Lipinski definition) is 0. The van der Waals surface area contributed by atoms with Crippen molar-refractivity contribution in [2.45, 2.75) is 19.3 Å². The van der Waals surface area contributed by atoms with Crippen molar-refractivity contribution < 1.29 is 0 Å². The summed E-state index contributed by atoms with van der Waals surface area (Å²) in [5.41, 5.74) is 8.94. The summed E-state index contributed by atoms with van der Waals surface area (Å²) in [5, 5.41) is 0. The Bertz CT molecular complexity index is 691. The largest absolute Gasteiger partial charge is 0.0801 e. The molecule has 3 aliphatic rings. The second kappa shape index (κ2) is 4.24. The maximum Gasteiger partial charge on any atom is -0.00105 e. The van der Waals surface area contributed by atoms with E-state index in [1.165, 1.54) is 27.8 Å². The second-order valence-electron chi connectivity index (χ2n) is 5.34. The van der Waals surface area contributed by atoms with E-state index in [1.54, 1.807) is 5.57 Å². The molecule has 0 spiro atoms. The Morgan fingerprint density at radius 2 is 1.53 bits per heavy atom. The summed E-state index contributed by atoms with van der Waals surface area (Å²) in [6, 6.07) is 8.86. The highest BCUT2D eigenvalue weighted by atomic mass is 14.3. The third-order valence-electron chi connectivity index (χ3n) is 4.21. The SMILES string of the molecule is C1=CCC(C2=C(C3=CC=CC3)c3ccccc3C2)=C1. The number of rotatable bonds is 2. The Morgan fingerprint density at radius 3 is 2.26 bits per heavy atom. The summed E-state index contributed by atoms with van der Waals surface area (Å²) in [7, 11) is 0. The zero-order valence-corrected chi connectivity index (χ0v) is 10.9. The Kier molecular flexibility index (Phi) is 2.41. The normalized spacial score (nSPS) is 20.0. The van der Waals surface area contributed by atoms with Gasteiger partial charge in [0.05, 0.1) is 0 Å². The van der Waals surface area contributed by atoms with Crippen LogP contribution in [0.4, 0.5) is 0 Å². The maximum atomic E-state index is 2.28. The fourth-order valence-electron chi connectivity index (χ4n) is 3.30. The minimum Gasteiger partial charge on any atom is -0.0801 e. The fraction of sp³-hybridized carbons (Fsp3) is 0.158. The predicted octanol–water partition coefficient (Wildman–Crippen LogP) is 4.77. The van der Waals surface area contributed by atoms with Crippen LogP contribution < -0.4 is 0 Å². The number of allylic oxidation sites excluding steroid dienone is 10. The van der Waals surface area contributed by atoms with Gasteiger partial charge in [-0.2, -0.15) is 0 Å². The Hall–Kier alpha value is -2.08. The third kappa shape index (κ3) is 1.67. The van der Waals surface area contributed by atoms with Crippen molar-refractivity contribution in [3.8, 4) is 0 Å². The molecule has 0 fully saturated rings. The molecule has 0 atom stereocenters. The van der Waals surface area contributed by atoms with Crippen molar-refractivity contribution in [2.24, 2.45) is 0 Å². The molecule has 0 saturated heterocycles. The number of fused-ring (bicyclic) bond motifs is 1. The zero-order valence-electron chi connectivity index (χ0n) is 10.9. The molecule has 0 aromatic heterocycles. The van der Waals surface area contributed by atoms with E-state index in [0.29, 0.717) is 0 Å². The first-order chi connectivity index (χ1) is 9.43. The highest BCUT2D eigenvalue weighted by molar-refractivity contribution is 5.90. The van der Waals surface area contributed by atoms with Crippen LogP contribution in [0, 0.1) is 0 Å². The van der Waals surface area contributed by atoms with Gasteiger partial charge >= 0.3 is 0 Å². The first-order valence-electron chi connectivity index (χ1n) is 6.97. The van der Waals surface area contributed by atoms with E-state index >= 15 is 0 Å². The van der Waals surface area contributed by atoms with Crippen LogP contribution in [-0.2, 0) is 6.42 Å². The summed E-state index contributed by atoms with van der Waals surface area (Å²) in [5.74, 6) is 0. The van der Waals surface area contributed by atoms with Gasteiger partial charge in [-0.15, -0.1) is 0 Å². The van der Waals surface area contributed by atoms with Crippen molar-refractivity contribution in [3.05, 3.63) is 88.6 Å². The molecule has 0 unspecified atom stereocenters. The van der Waals surface area contributed by atoms with Crippen molar-refractivity contribution in [2.75, 3.05) is 0 Å². The molecule has 0 nitrogen and oxygen atoms in total. The molecule has 0 bridgehead atoms. The van der Waals surface area contributed by atoms with Crippen molar-refractivity contribution in [1.29, 1.82) is 0 Å². The molecule has 0 heteroatoms. The quantitative estimate of drug-likeness (QED) is 0.703. The van der Waals surface area contributed by atoms with E-state index in [2.05, 4.69) is 60.7 Å². The van der Waals surface area contributed by atoms with Crippen LogP contribution in [0.3, 0.4) is 0 Å². The summed E-state index contributed by atoms with van der Waals surface area (Å²) in [6.45, 7) is 0. The molecule has 0 aliphatic heterocycles. The summed E-state index contributed by atoms with van der Waals surface area (Å²) < 4.78 is 0. The van der Waals surface area contributed by atoms with Crippen LogP contribution >= 0.6 is 0 Å². The predicted molar refractivity (Wildman–Crippen MR) is 80.7 cm³/mol. The van der Waals surface area contributed by atoms with E-state index in [1.807, 2.05) is 0 Å². The topological polar surface area (TPSA) is 0 Å². The van der Waals surface area contributed by atoms with Gasteiger partial charge in [0.25, 0.3) is 0 Å². The van der Waals surface area contributed by atoms with Gasteiger partial charge < -0.3 is 0 Å². The molecule has 0 radical (unpaired) electrons. The molecule has 0 amide bonds. The molecule has 4 rings (SSSR count). The van der Waals surface area contributed by atoms with Gasteiger partial charge in [-0.25, -0.2) is 0 Å². The van der Waals surface area contributed by atoms with Gasteiger partial charge in [0, 0.05) is 0 Å². The monoisotopic (exact) mass is 244 g/mol. The van der Waals surface area contributed by atoms with E-state index in [9.17, 15) is 0 Å². The summed E-state index contributed by atoms with van der Waals surface area (Å²) in [4.78, 5) is 0. The lowest BCUT2D eigenvalue weighted by atomic mass is 9.93. The average molecular weight is 244 g/mol. The van der Waals surface area contributed by atoms with Crippen LogP contribution in [0.15, 0.2) is 77.4 Å². The van der Waals surface area contributed by atoms with Crippen LogP contribution in [0.2, 0.25) is 0 Å². The molecule has 19 heavy (non-hydrogen) atoms. The summed E-state index contributed by atoms with van der Waals surface area (Å²) >= 11 is 0. The van der Waals surface area contributed by atoms with Crippen LogP contribution in [0.25, 0.3) is 5.57 Å². The van der Waals surface area contributed by atoms with Gasteiger partial charge in [0.2, 0.25) is 0 Å². The molecule has 1 aromatic rings. The fourth-order valence-corrected chi connectivity index (χ4v) is 3.30. The van der Waals surface area contributed by atoms with Gasteiger partial charge in [-0.05, 0) is 52.7 Å². The Morgan fingerprint density at radius 1 is 0.789 bits per heavy atom. The molecule has 0 saturated carbocycles. The highest BCUT2D eigenvalue weighted by Crippen LogP contribution is 2.43. The minimum absolute atomic E-state index is 1.08. The van der Waals surface area contributed by atoms with Gasteiger partial charge in [0.1, 0.15) is 0 Å². The van der Waals surface area contributed by atoms with E-state index < -0.39 is 0 Å². The van der Waals surface area contributed by atoms with Crippen molar-refractivity contribution in [3.63, 3.8) is 0 Å². The van der Waals surface area contributed by atoms with Crippen molar-refractivity contribution in [1.82, 2.24) is 0 Å². The standard InChI is InChI=1S/C19H16/c1-2-8-14(7-1)18-13-16-11-5-6-12-17(16)19(18)15-9-3-4-10-15/h1-7,9,11-12H,8,10,13H2. The van der Waals surface area contributed by atoms with Gasteiger partial charge in [-0.1, -0.05) is 60.7 Å². The third-order valence-corrected chi connectivity index (χ3v) is 4.21. The van der Waals surface area contributed by atoms with E-state index in [0.717, 1.165) is 19.3 Å². The molecular weight excluding hydrogens is 228 g/mol. The smallest absolute Gasteiger partial charge is 0.00105 e. The average Bonchev–Trinajstić information content (AvgIpc) is 3.17. The molecule has 3 aliphatic carbocycles. The molecular formula is C19H16. The second-order valence-corrected chi connectivity index (χ2v) is 5.34. The van der Waals surface area contributed by atoms with E-state index in [4.69, 9.17) is 0 Å². The lowest BCUT2D eigenvalue weighted by Gasteiger charge is -2.11. The number of hydrogen-bond donors (Lipinski definition) is 0. The molecule has 1 aromatic carbocycles.